The van der Waals surface area contributed by atoms with Crippen LogP contribution >= 0.6 is 0 Å². The van der Waals surface area contributed by atoms with Gasteiger partial charge in [-0.3, -0.25) is 4.79 Å². The molecule has 2 aromatic heterocycles. The van der Waals surface area contributed by atoms with Gasteiger partial charge in [-0.15, -0.1) is 0 Å². The minimum Gasteiger partial charge on any atom is -0.328 e. The van der Waals surface area contributed by atoms with E-state index in [-0.39, 0.29) is 11.7 Å². The summed E-state index contributed by atoms with van der Waals surface area (Å²) in [6.07, 6.45) is 3.97. The summed E-state index contributed by atoms with van der Waals surface area (Å²) in [5, 5.41) is 4.87. The van der Waals surface area contributed by atoms with E-state index in [0.29, 0.717) is 18.7 Å². The molecule has 0 aliphatic carbocycles. The van der Waals surface area contributed by atoms with E-state index in [4.69, 9.17) is 5.10 Å². The van der Waals surface area contributed by atoms with Crippen molar-refractivity contribution in [2.75, 3.05) is 0 Å². The van der Waals surface area contributed by atoms with Gasteiger partial charge in [-0.2, -0.15) is 5.10 Å². The zero-order valence-electron chi connectivity index (χ0n) is 16.8. The van der Waals surface area contributed by atoms with Gasteiger partial charge in [-0.1, -0.05) is 6.07 Å². The van der Waals surface area contributed by atoms with E-state index >= 15 is 0 Å². The van der Waals surface area contributed by atoms with Crippen LogP contribution < -0.4 is 0 Å². The van der Waals surface area contributed by atoms with Gasteiger partial charge in [-0.25, -0.2) is 9.07 Å². The number of halogens is 1. The smallest absolute Gasteiger partial charge is 0.254 e. The van der Waals surface area contributed by atoms with E-state index < -0.39 is 0 Å². The normalized spacial score (nSPS) is 13.0. The lowest BCUT2D eigenvalue weighted by molar-refractivity contribution is 0.0749. The highest BCUT2D eigenvalue weighted by Crippen LogP contribution is 2.31. The van der Waals surface area contributed by atoms with Gasteiger partial charge < -0.3 is 9.47 Å². The number of carbonyl (C=O) groups is 1. The van der Waals surface area contributed by atoms with Crippen LogP contribution in [0.15, 0.2) is 67.0 Å². The number of nitrogens with zero attached hydrogens (tertiary/aromatic N) is 4. The third-order valence-corrected chi connectivity index (χ3v) is 5.69. The Kier molecular flexibility index (Phi) is 4.28. The molecule has 0 saturated heterocycles. The zero-order valence-corrected chi connectivity index (χ0v) is 16.8. The van der Waals surface area contributed by atoms with E-state index in [1.54, 1.807) is 4.90 Å². The number of hydrogen-bond acceptors (Lipinski definition) is 2. The molecule has 0 spiro atoms. The topological polar surface area (TPSA) is 43.1 Å². The highest BCUT2D eigenvalue weighted by atomic mass is 19.1. The molecule has 4 aromatic rings. The van der Waals surface area contributed by atoms with E-state index in [0.717, 1.165) is 22.8 Å². The minimum absolute atomic E-state index is 0.121. The number of aromatic nitrogens is 3. The lowest BCUT2D eigenvalue weighted by Gasteiger charge is -2.18. The van der Waals surface area contributed by atoms with Crippen LogP contribution in [0.1, 0.15) is 32.7 Å². The average molecular weight is 400 g/mol. The third kappa shape index (κ3) is 3.01. The van der Waals surface area contributed by atoms with E-state index in [1.165, 1.54) is 35.4 Å². The molecule has 1 aliphatic heterocycles. The van der Waals surface area contributed by atoms with Crippen molar-refractivity contribution in [1.29, 1.82) is 0 Å². The van der Waals surface area contributed by atoms with Crippen LogP contribution in [0.2, 0.25) is 0 Å². The molecule has 1 amide bonds. The van der Waals surface area contributed by atoms with Crippen molar-refractivity contribution in [3.8, 4) is 11.5 Å². The summed E-state index contributed by atoms with van der Waals surface area (Å²) < 4.78 is 17.2. The van der Waals surface area contributed by atoms with Crippen LogP contribution in [0.4, 0.5) is 4.39 Å². The number of rotatable bonds is 3. The molecule has 5 rings (SSSR count). The molecule has 5 nitrogen and oxygen atoms in total. The fraction of sp³-hybridized carbons (Fsp3) is 0.167. The number of hydrogen-bond donors (Lipinski definition) is 0. The Balaban J connectivity index is 1.54. The maximum Gasteiger partial charge on any atom is 0.254 e. The molecule has 0 unspecified atom stereocenters. The van der Waals surface area contributed by atoms with Crippen molar-refractivity contribution in [3.63, 3.8) is 0 Å². The highest BCUT2D eigenvalue weighted by molar-refractivity contribution is 5.94. The number of aryl methyl sites for hydroxylation is 2. The molecule has 150 valence electrons. The van der Waals surface area contributed by atoms with Crippen molar-refractivity contribution in [2.45, 2.75) is 26.9 Å². The molecule has 1 aliphatic rings. The van der Waals surface area contributed by atoms with Gasteiger partial charge in [0.2, 0.25) is 0 Å². The summed E-state index contributed by atoms with van der Waals surface area (Å²) in [6.45, 7) is 5.07. The van der Waals surface area contributed by atoms with Gasteiger partial charge in [0.25, 0.3) is 5.91 Å². The molecule has 0 saturated carbocycles. The van der Waals surface area contributed by atoms with Crippen molar-refractivity contribution in [1.82, 2.24) is 19.2 Å². The van der Waals surface area contributed by atoms with Crippen LogP contribution in [0.5, 0.6) is 0 Å². The maximum absolute atomic E-state index is 13.2. The van der Waals surface area contributed by atoms with Gasteiger partial charge in [0.15, 0.2) is 0 Å². The van der Waals surface area contributed by atoms with Gasteiger partial charge in [0, 0.05) is 23.5 Å². The molecule has 0 fully saturated rings. The fourth-order valence-electron chi connectivity index (χ4n) is 3.90. The van der Waals surface area contributed by atoms with Crippen LogP contribution in [-0.2, 0) is 13.1 Å². The van der Waals surface area contributed by atoms with Crippen molar-refractivity contribution < 1.29 is 9.18 Å². The number of amides is 1. The van der Waals surface area contributed by atoms with Crippen LogP contribution in [0, 0.1) is 19.7 Å². The largest absolute Gasteiger partial charge is 0.328 e. The van der Waals surface area contributed by atoms with Crippen molar-refractivity contribution in [3.05, 3.63) is 101 Å². The first-order valence-corrected chi connectivity index (χ1v) is 9.88. The van der Waals surface area contributed by atoms with Crippen molar-refractivity contribution >= 4 is 5.91 Å². The molecule has 2 aromatic carbocycles. The molecule has 0 atom stereocenters. The maximum atomic E-state index is 13.2. The molecule has 6 heteroatoms. The number of carbonyl (C=O) groups excluding carboxylic acids is 1. The second-order valence-corrected chi connectivity index (χ2v) is 7.69. The first kappa shape index (κ1) is 18.4. The predicted octanol–water partition coefficient (Wildman–Crippen LogP) is 4.57. The summed E-state index contributed by atoms with van der Waals surface area (Å²) in [4.78, 5) is 14.7. The Labute approximate surface area is 174 Å². The Bertz CT molecular complexity index is 1240. The quantitative estimate of drug-likeness (QED) is 0.505. The van der Waals surface area contributed by atoms with E-state index in [2.05, 4.69) is 32.0 Å². The SMILES string of the molecule is Cc1ccc(-n2nc3c(c2-n2cccc2)CN(C(=O)c2ccc(F)cc2)C3)cc1C. The molecule has 0 radical (unpaired) electrons. The molecule has 30 heavy (non-hydrogen) atoms. The summed E-state index contributed by atoms with van der Waals surface area (Å²) in [7, 11) is 0. The van der Waals surface area contributed by atoms with E-state index in [1.807, 2.05) is 33.8 Å². The molecule has 0 bridgehead atoms. The fourth-order valence-corrected chi connectivity index (χ4v) is 3.90. The van der Waals surface area contributed by atoms with Crippen LogP contribution in [-0.4, -0.2) is 25.2 Å². The Hall–Kier alpha value is -3.67. The summed E-state index contributed by atoms with van der Waals surface area (Å²) in [6, 6.07) is 15.9. The first-order valence-electron chi connectivity index (χ1n) is 9.88. The lowest BCUT2D eigenvalue weighted by Crippen LogP contribution is -2.26. The summed E-state index contributed by atoms with van der Waals surface area (Å²) in [5.41, 5.74) is 5.82. The Morgan fingerprint density at radius 3 is 2.40 bits per heavy atom. The van der Waals surface area contributed by atoms with Crippen LogP contribution in [0.3, 0.4) is 0 Å². The van der Waals surface area contributed by atoms with Gasteiger partial charge in [0.1, 0.15) is 11.6 Å². The second-order valence-electron chi connectivity index (χ2n) is 7.69. The minimum atomic E-state index is -0.351. The highest BCUT2D eigenvalue weighted by Gasteiger charge is 2.31. The zero-order chi connectivity index (χ0) is 20.8. The average Bonchev–Trinajstić information content (AvgIpc) is 3.46. The third-order valence-electron chi connectivity index (χ3n) is 5.69. The van der Waals surface area contributed by atoms with Crippen molar-refractivity contribution in [2.24, 2.45) is 0 Å². The first-order chi connectivity index (χ1) is 14.5. The monoisotopic (exact) mass is 400 g/mol. The van der Waals surface area contributed by atoms with Crippen LogP contribution in [0.25, 0.3) is 11.5 Å². The Morgan fingerprint density at radius 2 is 1.70 bits per heavy atom. The van der Waals surface area contributed by atoms with Gasteiger partial charge in [0.05, 0.1) is 24.5 Å². The summed E-state index contributed by atoms with van der Waals surface area (Å²) in [5.74, 6) is 0.465. The van der Waals surface area contributed by atoms with Gasteiger partial charge >= 0.3 is 0 Å². The molecule has 0 N–H and O–H groups in total. The molecule has 3 heterocycles. The molecular formula is C24H21FN4O. The molecular weight excluding hydrogens is 379 g/mol. The predicted molar refractivity (Wildman–Crippen MR) is 112 cm³/mol. The standard InChI is InChI=1S/C24H21FN4O/c1-16-5-10-20(13-17(16)2)29-23(27-11-3-4-12-27)21-14-28(15-22(21)26-29)24(30)18-6-8-19(25)9-7-18/h3-13H,14-15H2,1-2H3. The second kappa shape index (κ2) is 6.99. The summed E-state index contributed by atoms with van der Waals surface area (Å²) >= 11 is 0. The number of fused-ring (bicyclic) bond motifs is 1. The number of benzene rings is 2. The van der Waals surface area contributed by atoms with Gasteiger partial charge in [-0.05, 0) is 73.5 Å². The van der Waals surface area contributed by atoms with E-state index in [9.17, 15) is 9.18 Å². The lowest BCUT2D eigenvalue weighted by atomic mass is 10.1. The Morgan fingerprint density at radius 1 is 0.967 bits per heavy atom.